The fourth-order valence-corrected chi connectivity index (χ4v) is 2.43. The topological polar surface area (TPSA) is 55.4 Å². The first-order chi connectivity index (χ1) is 11.0. The number of hydrogen-bond acceptors (Lipinski definition) is 3. The second-order valence-electron chi connectivity index (χ2n) is 4.91. The van der Waals surface area contributed by atoms with Crippen LogP contribution in [0.25, 0.3) is 0 Å². The predicted octanol–water partition coefficient (Wildman–Crippen LogP) is 4.03. The van der Waals surface area contributed by atoms with Crippen molar-refractivity contribution in [2.45, 2.75) is 13.3 Å². The number of halogens is 2. The lowest BCUT2D eigenvalue weighted by atomic mass is 10.1. The van der Waals surface area contributed by atoms with Gasteiger partial charge in [-0.1, -0.05) is 53.5 Å². The average molecular weight is 352 g/mol. The van der Waals surface area contributed by atoms with E-state index in [1.165, 1.54) is 0 Å². The zero-order chi connectivity index (χ0) is 16.8. The van der Waals surface area contributed by atoms with Crippen LogP contribution in [0.5, 0.6) is 0 Å². The molecule has 6 heteroatoms. The molecule has 23 heavy (non-hydrogen) atoms. The maximum Gasteiger partial charge on any atom is 0.310 e. The van der Waals surface area contributed by atoms with E-state index in [1.54, 1.807) is 36.4 Å². The monoisotopic (exact) mass is 351 g/mol. The standard InChI is InChI=1S/C17H15Cl2NO3/c1-11-5-4-8-14(19)17(11)20-15(21)10-23-16(22)9-12-6-2-3-7-13(12)18/h2-8H,9-10H2,1H3,(H,20,21). The lowest BCUT2D eigenvalue weighted by Crippen LogP contribution is -2.22. The van der Waals surface area contributed by atoms with Gasteiger partial charge < -0.3 is 10.1 Å². The molecule has 4 nitrogen and oxygen atoms in total. The summed E-state index contributed by atoms with van der Waals surface area (Å²) >= 11 is 12.0. The molecule has 0 spiro atoms. The zero-order valence-corrected chi connectivity index (χ0v) is 13.9. The predicted molar refractivity (Wildman–Crippen MR) is 90.9 cm³/mol. The van der Waals surface area contributed by atoms with E-state index < -0.39 is 11.9 Å². The number of nitrogens with one attached hydrogen (secondary N) is 1. The van der Waals surface area contributed by atoms with Gasteiger partial charge in [0.05, 0.1) is 17.1 Å². The maximum absolute atomic E-state index is 11.9. The number of carbonyl (C=O) groups excluding carboxylic acids is 2. The quantitative estimate of drug-likeness (QED) is 0.827. The number of amides is 1. The van der Waals surface area contributed by atoms with E-state index in [-0.39, 0.29) is 13.0 Å². The average Bonchev–Trinajstić information content (AvgIpc) is 2.51. The van der Waals surface area contributed by atoms with Gasteiger partial charge in [-0.2, -0.15) is 0 Å². The third kappa shape index (κ3) is 4.98. The molecule has 2 aromatic carbocycles. The maximum atomic E-state index is 11.9. The molecule has 0 aliphatic heterocycles. The normalized spacial score (nSPS) is 10.2. The number of para-hydroxylation sites is 1. The van der Waals surface area contributed by atoms with Gasteiger partial charge in [0.1, 0.15) is 0 Å². The lowest BCUT2D eigenvalue weighted by Gasteiger charge is -2.10. The first-order valence-electron chi connectivity index (χ1n) is 6.91. The molecular formula is C17H15Cl2NO3. The number of rotatable bonds is 5. The van der Waals surface area contributed by atoms with E-state index in [0.29, 0.717) is 21.3 Å². The van der Waals surface area contributed by atoms with Gasteiger partial charge in [0.2, 0.25) is 0 Å². The lowest BCUT2D eigenvalue weighted by molar-refractivity contribution is -0.146. The van der Waals surface area contributed by atoms with Gasteiger partial charge in [0.25, 0.3) is 5.91 Å². The molecule has 0 bridgehead atoms. The Kier molecular flexibility index (Phi) is 6.02. The SMILES string of the molecule is Cc1cccc(Cl)c1NC(=O)COC(=O)Cc1ccccc1Cl. The van der Waals surface area contributed by atoms with Gasteiger partial charge in [-0.25, -0.2) is 0 Å². The van der Waals surface area contributed by atoms with Crippen molar-refractivity contribution in [2.75, 3.05) is 11.9 Å². The summed E-state index contributed by atoms with van der Waals surface area (Å²) in [7, 11) is 0. The fraction of sp³-hybridized carbons (Fsp3) is 0.176. The molecule has 2 rings (SSSR count). The van der Waals surface area contributed by atoms with Crippen LogP contribution < -0.4 is 5.32 Å². The summed E-state index contributed by atoms with van der Waals surface area (Å²) in [6, 6.07) is 12.3. The molecule has 0 aliphatic rings. The molecule has 0 fully saturated rings. The van der Waals surface area contributed by atoms with Crippen LogP contribution in [0.4, 0.5) is 5.69 Å². The number of hydrogen-bond donors (Lipinski definition) is 1. The van der Waals surface area contributed by atoms with Crippen molar-refractivity contribution in [3.8, 4) is 0 Å². The third-order valence-corrected chi connectivity index (χ3v) is 3.83. The highest BCUT2D eigenvalue weighted by molar-refractivity contribution is 6.34. The summed E-state index contributed by atoms with van der Waals surface area (Å²) in [5, 5.41) is 3.55. The molecule has 2 aromatic rings. The van der Waals surface area contributed by atoms with Gasteiger partial charge in [-0.05, 0) is 30.2 Å². The summed E-state index contributed by atoms with van der Waals surface area (Å²) in [5.41, 5.74) is 2.00. The molecule has 0 heterocycles. The Morgan fingerprint density at radius 1 is 1.04 bits per heavy atom. The summed E-state index contributed by atoms with van der Waals surface area (Å²) in [6.45, 7) is 1.44. The van der Waals surface area contributed by atoms with Crippen molar-refractivity contribution in [2.24, 2.45) is 0 Å². The Labute approximate surface area is 144 Å². The Hall–Kier alpha value is -2.04. The Morgan fingerprint density at radius 3 is 2.43 bits per heavy atom. The van der Waals surface area contributed by atoms with Crippen LogP contribution in [0.1, 0.15) is 11.1 Å². The molecule has 0 aliphatic carbocycles. The van der Waals surface area contributed by atoms with E-state index in [2.05, 4.69) is 5.32 Å². The summed E-state index contributed by atoms with van der Waals surface area (Å²) < 4.78 is 4.96. The van der Waals surface area contributed by atoms with Gasteiger partial charge in [0, 0.05) is 5.02 Å². The zero-order valence-electron chi connectivity index (χ0n) is 12.4. The van der Waals surface area contributed by atoms with Crippen molar-refractivity contribution in [1.82, 2.24) is 0 Å². The highest BCUT2D eigenvalue weighted by Crippen LogP contribution is 2.25. The number of esters is 1. The molecule has 0 saturated heterocycles. The third-order valence-electron chi connectivity index (χ3n) is 3.14. The van der Waals surface area contributed by atoms with E-state index in [0.717, 1.165) is 5.56 Å². The Balaban J connectivity index is 1.87. The Morgan fingerprint density at radius 2 is 1.74 bits per heavy atom. The van der Waals surface area contributed by atoms with Crippen molar-refractivity contribution in [3.63, 3.8) is 0 Å². The van der Waals surface area contributed by atoms with Crippen LogP contribution in [-0.4, -0.2) is 18.5 Å². The number of anilines is 1. The second kappa shape index (κ2) is 7.99. The molecule has 0 atom stereocenters. The number of ether oxygens (including phenoxy) is 1. The van der Waals surface area contributed by atoms with Crippen LogP contribution in [-0.2, 0) is 20.7 Å². The number of benzene rings is 2. The van der Waals surface area contributed by atoms with Crippen molar-refractivity contribution < 1.29 is 14.3 Å². The highest BCUT2D eigenvalue weighted by atomic mass is 35.5. The Bertz CT molecular complexity index is 711. The van der Waals surface area contributed by atoms with Crippen LogP contribution in [0.15, 0.2) is 42.5 Å². The van der Waals surface area contributed by atoms with E-state index in [1.807, 2.05) is 13.0 Å². The van der Waals surface area contributed by atoms with Crippen LogP contribution in [0.3, 0.4) is 0 Å². The molecule has 0 unspecified atom stereocenters. The van der Waals surface area contributed by atoms with Gasteiger partial charge in [0.15, 0.2) is 6.61 Å². The molecule has 1 N–H and O–H groups in total. The smallest absolute Gasteiger partial charge is 0.310 e. The first kappa shape index (κ1) is 17.3. The van der Waals surface area contributed by atoms with Crippen LogP contribution in [0.2, 0.25) is 10.0 Å². The molecule has 0 aromatic heterocycles. The van der Waals surface area contributed by atoms with Gasteiger partial charge >= 0.3 is 5.97 Å². The highest BCUT2D eigenvalue weighted by Gasteiger charge is 2.12. The van der Waals surface area contributed by atoms with Gasteiger partial charge in [-0.15, -0.1) is 0 Å². The molecule has 120 valence electrons. The summed E-state index contributed by atoms with van der Waals surface area (Å²) in [4.78, 5) is 23.6. The molecule has 0 radical (unpaired) electrons. The molecule has 0 saturated carbocycles. The number of carbonyl (C=O) groups is 2. The van der Waals surface area contributed by atoms with Crippen molar-refractivity contribution in [1.29, 1.82) is 0 Å². The number of aryl methyl sites for hydroxylation is 1. The van der Waals surface area contributed by atoms with Crippen LogP contribution >= 0.6 is 23.2 Å². The van der Waals surface area contributed by atoms with E-state index in [4.69, 9.17) is 27.9 Å². The summed E-state index contributed by atoms with van der Waals surface area (Å²) in [5.74, 6) is -0.974. The van der Waals surface area contributed by atoms with Crippen LogP contribution in [0, 0.1) is 6.92 Å². The largest absolute Gasteiger partial charge is 0.455 e. The summed E-state index contributed by atoms with van der Waals surface area (Å²) in [6.07, 6.45) is 0.0120. The first-order valence-corrected chi connectivity index (χ1v) is 7.67. The fourth-order valence-electron chi connectivity index (χ4n) is 1.96. The minimum Gasteiger partial charge on any atom is -0.455 e. The van der Waals surface area contributed by atoms with Crippen molar-refractivity contribution in [3.05, 3.63) is 63.6 Å². The van der Waals surface area contributed by atoms with E-state index in [9.17, 15) is 9.59 Å². The van der Waals surface area contributed by atoms with E-state index >= 15 is 0 Å². The minimum atomic E-state index is -0.524. The van der Waals surface area contributed by atoms with Gasteiger partial charge in [-0.3, -0.25) is 9.59 Å². The minimum absolute atomic E-state index is 0.0120. The van der Waals surface area contributed by atoms with Crippen molar-refractivity contribution >= 4 is 40.8 Å². The second-order valence-corrected chi connectivity index (χ2v) is 5.72. The molecule has 1 amide bonds. The molecular weight excluding hydrogens is 337 g/mol.